The molecule has 1 amide bonds. The van der Waals surface area contributed by atoms with Crippen LogP contribution in [-0.2, 0) is 14.6 Å². The van der Waals surface area contributed by atoms with Crippen LogP contribution in [0, 0.1) is 0 Å². The maximum absolute atomic E-state index is 11.4. The van der Waals surface area contributed by atoms with Gasteiger partial charge in [-0.2, -0.15) is 0 Å². The topological polar surface area (TPSA) is 38.8 Å². The van der Waals surface area contributed by atoms with E-state index in [-0.39, 0.29) is 5.91 Å². The van der Waals surface area contributed by atoms with Crippen molar-refractivity contribution >= 4 is 5.91 Å². The second-order valence-electron chi connectivity index (χ2n) is 3.07. The van der Waals surface area contributed by atoms with Crippen molar-refractivity contribution in [3.05, 3.63) is 0 Å². The van der Waals surface area contributed by atoms with Crippen molar-refractivity contribution in [3.8, 4) is 0 Å². The van der Waals surface area contributed by atoms with Crippen molar-refractivity contribution in [2.24, 2.45) is 0 Å². The van der Waals surface area contributed by atoms with Gasteiger partial charge in [-0.15, -0.1) is 0 Å². The molecule has 1 aliphatic heterocycles. The van der Waals surface area contributed by atoms with Crippen LogP contribution in [0.2, 0.25) is 0 Å². The smallest absolute Gasteiger partial charge is 0.225 e. The van der Waals surface area contributed by atoms with E-state index in [1.165, 1.54) is 0 Å². The zero-order valence-electron chi connectivity index (χ0n) is 8.12. The Bertz CT molecular complexity index is 155. The molecule has 4 heteroatoms. The highest BCUT2D eigenvalue weighted by atomic mass is 17.2. The van der Waals surface area contributed by atoms with Gasteiger partial charge in [0.05, 0.1) is 19.6 Å². The number of amides is 1. The Morgan fingerprint density at radius 2 is 2.00 bits per heavy atom. The van der Waals surface area contributed by atoms with Crippen LogP contribution >= 0.6 is 0 Å². The quantitative estimate of drug-likeness (QED) is 0.365. The monoisotopic (exact) mass is 187 g/mol. The molecule has 76 valence electrons. The van der Waals surface area contributed by atoms with Gasteiger partial charge in [0.2, 0.25) is 5.91 Å². The number of hydrogen-bond donors (Lipinski definition) is 0. The fourth-order valence-corrected chi connectivity index (χ4v) is 1.40. The molecule has 0 aromatic carbocycles. The summed E-state index contributed by atoms with van der Waals surface area (Å²) in [4.78, 5) is 22.7. The fourth-order valence-electron chi connectivity index (χ4n) is 1.40. The maximum atomic E-state index is 11.4. The molecule has 13 heavy (non-hydrogen) atoms. The van der Waals surface area contributed by atoms with Crippen LogP contribution in [-0.4, -0.2) is 37.1 Å². The molecular formula is C9H17NO3. The molecule has 1 rings (SSSR count). The Kier molecular flexibility index (Phi) is 4.78. The summed E-state index contributed by atoms with van der Waals surface area (Å²) < 4.78 is 0. The molecule has 0 unspecified atom stereocenters. The van der Waals surface area contributed by atoms with Crippen LogP contribution < -0.4 is 0 Å². The molecule has 0 saturated carbocycles. The number of carbonyl (C=O) groups is 1. The molecule has 4 nitrogen and oxygen atoms in total. The Hall–Kier alpha value is -0.610. The minimum absolute atomic E-state index is 0.178. The average Bonchev–Trinajstić information content (AvgIpc) is 2.65. The summed E-state index contributed by atoms with van der Waals surface area (Å²) in [5, 5.41) is 0. The maximum Gasteiger partial charge on any atom is 0.225 e. The third kappa shape index (κ3) is 3.74. The second-order valence-corrected chi connectivity index (χ2v) is 3.07. The predicted octanol–water partition coefficient (Wildman–Crippen LogP) is 0.967. The van der Waals surface area contributed by atoms with E-state index < -0.39 is 0 Å². The van der Waals surface area contributed by atoms with Gasteiger partial charge in [-0.3, -0.25) is 4.79 Å². The number of carbonyl (C=O) groups excluding carboxylic acids is 1. The van der Waals surface area contributed by atoms with Crippen LogP contribution in [0.3, 0.4) is 0 Å². The van der Waals surface area contributed by atoms with Crippen molar-refractivity contribution in [2.45, 2.75) is 26.2 Å². The third-order valence-electron chi connectivity index (χ3n) is 2.06. The molecule has 0 aromatic heterocycles. The van der Waals surface area contributed by atoms with Gasteiger partial charge in [-0.25, -0.2) is 9.78 Å². The van der Waals surface area contributed by atoms with Crippen LogP contribution in [0.25, 0.3) is 0 Å². The van der Waals surface area contributed by atoms with Gasteiger partial charge in [-0.1, -0.05) is 0 Å². The van der Waals surface area contributed by atoms with Crippen molar-refractivity contribution < 1.29 is 14.6 Å². The minimum atomic E-state index is 0.178. The van der Waals surface area contributed by atoms with Gasteiger partial charge in [-0.05, 0) is 19.8 Å². The second kappa shape index (κ2) is 5.94. The van der Waals surface area contributed by atoms with E-state index in [2.05, 4.69) is 4.89 Å². The lowest BCUT2D eigenvalue weighted by molar-refractivity contribution is -0.290. The molecule has 0 spiro atoms. The normalized spacial score (nSPS) is 16.5. The molecule has 0 radical (unpaired) electrons. The summed E-state index contributed by atoms with van der Waals surface area (Å²) in [6.07, 6.45) is 2.70. The van der Waals surface area contributed by atoms with Crippen molar-refractivity contribution in [2.75, 3.05) is 26.3 Å². The summed E-state index contributed by atoms with van der Waals surface area (Å²) in [5.41, 5.74) is 0. The lowest BCUT2D eigenvalue weighted by Gasteiger charge is -2.14. The summed E-state index contributed by atoms with van der Waals surface area (Å²) in [6, 6.07) is 0. The molecule has 1 fully saturated rings. The number of likely N-dealkylation sites (tertiary alicyclic amines) is 1. The van der Waals surface area contributed by atoms with Crippen LogP contribution in [0.4, 0.5) is 0 Å². The Morgan fingerprint density at radius 3 is 2.62 bits per heavy atom. The Morgan fingerprint density at radius 1 is 1.31 bits per heavy atom. The highest BCUT2D eigenvalue weighted by molar-refractivity contribution is 5.76. The Balaban J connectivity index is 2.03. The highest BCUT2D eigenvalue weighted by Gasteiger charge is 2.17. The van der Waals surface area contributed by atoms with Crippen molar-refractivity contribution in [3.63, 3.8) is 0 Å². The van der Waals surface area contributed by atoms with Crippen LogP contribution in [0.15, 0.2) is 0 Å². The van der Waals surface area contributed by atoms with E-state index >= 15 is 0 Å². The largest absolute Gasteiger partial charge is 0.343 e. The summed E-state index contributed by atoms with van der Waals surface area (Å²) in [5.74, 6) is 0.178. The third-order valence-corrected chi connectivity index (χ3v) is 2.06. The molecular weight excluding hydrogens is 170 g/mol. The van der Waals surface area contributed by atoms with E-state index in [0.717, 1.165) is 25.9 Å². The number of nitrogens with zero attached hydrogens (tertiary/aromatic N) is 1. The fraction of sp³-hybridized carbons (Fsp3) is 0.889. The average molecular weight is 187 g/mol. The first-order valence-corrected chi connectivity index (χ1v) is 4.86. The lowest BCUT2D eigenvalue weighted by atomic mass is 10.4. The molecule has 0 aromatic rings. The van der Waals surface area contributed by atoms with Crippen molar-refractivity contribution in [1.82, 2.24) is 4.90 Å². The van der Waals surface area contributed by atoms with E-state index in [4.69, 9.17) is 4.89 Å². The SMILES string of the molecule is CCOOCCC(=O)N1CCCC1. The summed E-state index contributed by atoms with van der Waals surface area (Å²) in [6.45, 7) is 4.56. The molecule has 1 saturated heterocycles. The van der Waals surface area contributed by atoms with Gasteiger partial charge in [0, 0.05) is 13.1 Å². The Labute approximate surface area is 78.7 Å². The zero-order chi connectivity index (χ0) is 9.52. The lowest BCUT2D eigenvalue weighted by Crippen LogP contribution is -2.28. The van der Waals surface area contributed by atoms with E-state index in [1.54, 1.807) is 0 Å². The highest BCUT2D eigenvalue weighted by Crippen LogP contribution is 2.08. The van der Waals surface area contributed by atoms with Gasteiger partial charge in [0.1, 0.15) is 0 Å². The molecule has 0 bridgehead atoms. The van der Waals surface area contributed by atoms with Gasteiger partial charge in [0.15, 0.2) is 0 Å². The van der Waals surface area contributed by atoms with E-state index in [1.807, 2.05) is 11.8 Å². The van der Waals surface area contributed by atoms with Gasteiger partial charge >= 0.3 is 0 Å². The van der Waals surface area contributed by atoms with Crippen molar-refractivity contribution in [1.29, 1.82) is 0 Å². The molecule has 1 aliphatic rings. The summed E-state index contributed by atoms with van der Waals surface area (Å²) in [7, 11) is 0. The predicted molar refractivity (Wildman–Crippen MR) is 48.0 cm³/mol. The minimum Gasteiger partial charge on any atom is -0.343 e. The molecule has 0 aliphatic carbocycles. The number of rotatable bonds is 5. The van der Waals surface area contributed by atoms with E-state index in [0.29, 0.717) is 19.6 Å². The first-order chi connectivity index (χ1) is 6.34. The molecule has 0 N–H and O–H groups in total. The van der Waals surface area contributed by atoms with Gasteiger partial charge in [0.25, 0.3) is 0 Å². The zero-order valence-corrected chi connectivity index (χ0v) is 8.12. The summed E-state index contributed by atoms with van der Waals surface area (Å²) >= 11 is 0. The van der Waals surface area contributed by atoms with E-state index in [9.17, 15) is 4.79 Å². The first kappa shape index (κ1) is 10.5. The molecule has 1 heterocycles. The first-order valence-electron chi connectivity index (χ1n) is 4.86. The van der Waals surface area contributed by atoms with Crippen LogP contribution in [0.1, 0.15) is 26.2 Å². The molecule has 0 atom stereocenters. The van der Waals surface area contributed by atoms with Crippen LogP contribution in [0.5, 0.6) is 0 Å². The van der Waals surface area contributed by atoms with Gasteiger partial charge < -0.3 is 4.90 Å². The number of hydrogen-bond acceptors (Lipinski definition) is 3. The standard InChI is InChI=1S/C9H17NO3/c1-2-12-13-8-5-9(11)10-6-3-4-7-10/h2-8H2,1H3.